The summed E-state index contributed by atoms with van der Waals surface area (Å²) in [4.78, 5) is 20.6. The highest BCUT2D eigenvalue weighted by Gasteiger charge is 2.35. The Bertz CT molecular complexity index is 1020. The molecule has 3 heterocycles. The van der Waals surface area contributed by atoms with Gasteiger partial charge in [-0.15, -0.1) is 0 Å². The highest BCUT2D eigenvalue weighted by atomic mass is 35.5. The van der Waals surface area contributed by atoms with Crippen LogP contribution in [0.3, 0.4) is 0 Å². The molecule has 0 aromatic carbocycles. The Morgan fingerprint density at radius 3 is 2.26 bits per heavy atom. The van der Waals surface area contributed by atoms with Gasteiger partial charge >= 0.3 is 12.4 Å². The van der Waals surface area contributed by atoms with Crippen molar-refractivity contribution in [2.45, 2.75) is 24.8 Å². The molecule has 14 heteroatoms. The number of amides is 1. The van der Waals surface area contributed by atoms with Gasteiger partial charge < -0.3 is 4.90 Å². The number of hydrogen-bond acceptors (Lipinski definition) is 5. The van der Waals surface area contributed by atoms with Crippen molar-refractivity contribution in [1.82, 2.24) is 15.4 Å². The summed E-state index contributed by atoms with van der Waals surface area (Å²) in [6.07, 6.45) is -5.50. The Labute approximate surface area is 174 Å². The van der Waals surface area contributed by atoms with Crippen LogP contribution in [-0.4, -0.2) is 21.9 Å². The van der Waals surface area contributed by atoms with Crippen LogP contribution in [0.5, 0.6) is 0 Å². The monoisotopic (exact) mass is 469 g/mol. The molecule has 0 aliphatic carbocycles. The fourth-order valence-electron chi connectivity index (χ4n) is 2.64. The second-order valence-electron chi connectivity index (χ2n) is 6.24. The Hall–Kier alpha value is -3.09. The lowest BCUT2D eigenvalue weighted by Crippen LogP contribution is -2.45. The van der Waals surface area contributed by atoms with Crippen LogP contribution in [0.2, 0.25) is 5.02 Å². The topological polar surface area (TPSA) is 70.2 Å². The first-order chi connectivity index (χ1) is 14.4. The Morgan fingerprint density at radius 2 is 1.68 bits per heavy atom. The molecule has 0 spiro atoms. The first-order valence-corrected chi connectivity index (χ1v) is 8.72. The van der Waals surface area contributed by atoms with Gasteiger partial charge in [0.2, 0.25) is 0 Å². The quantitative estimate of drug-likeness (QED) is 0.508. The summed E-state index contributed by atoms with van der Waals surface area (Å²) >= 11 is 5.89. The summed E-state index contributed by atoms with van der Waals surface area (Å²) in [5, 5.41) is -0.359. The maximum absolute atomic E-state index is 13.8. The molecule has 1 aliphatic heterocycles. The predicted octanol–water partition coefficient (Wildman–Crippen LogP) is 4.54. The number of nitrogens with one attached hydrogen (secondary N) is 2. The molecule has 1 unspecified atom stereocenters. The van der Waals surface area contributed by atoms with Crippen molar-refractivity contribution in [3.63, 3.8) is 0 Å². The third-order valence-electron chi connectivity index (χ3n) is 4.13. The van der Waals surface area contributed by atoms with Gasteiger partial charge in [0.1, 0.15) is 6.04 Å². The molecule has 0 bridgehead atoms. The van der Waals surface area contributed by atoms with E-state index in [2.05, 4.69) is 20.8 Å². The third-order valence-corrected chi connectivity index (χ3v) is 4.41. The fraction of sp³-hybridized carbons (Fsp3) is 0.235. The Morgan fingerprint density at radius 1 is 1.06 bits per heavy atom. The lowest BCUT2D eigenvalue weighted by molar-refractivity contribution is -0.138. The number of halogens is 8. The maximum Gasteiger partial charge on any atom is 0.417 e. The van der Waals surface area contributed by atoms with Gasteiger partial charge in [-0.05, 0) is 18.6 Å². The molecule has 2 aromatic rings. The van der Waals surface area contributed by atoms with E-state index < -0.39 is 47.1 Å². The van der Waals surface area contributed by atoms with E-state index in [0.29, 0.717) is 18.5 Å². The van der Waals surface area contributed by atoms with Crippen LogP contribution < -0.4 is 15.8 Å². The average Bonchev–Trinajstić information content (AvgIpc) is 3.14. The van der Waals surface area contributed by atoms with Crippen LogP contribution in [0.15, 0.2) is 36.8 Å². The number of alkyl halides is 6. The Kier molecular flexibility index (Phi) is 5.98. The van der Waals surface area contributed by atoms with E-state index in [1.165, 1.54) is 17.2 Å². The van der Waals surface area contributed by atoms with E-state index in [1.807, 2.05) is 0 Å². The van der Waals surface area contributed by atoms with Crippen molar-refractivity contribution in [2.75, 3.05) is 10.3 Å². The van der Waals surface area contributed by atoms with Gasteiger partial charge in [0.05, 0.1) is 16.1 Å². The summed E-state index contributed by atoms with van der Waals surface area (Å²) in [6.45, 7) is 0. The second-order valence-corrected chi connectivity index (χ2v) is 6.64. The molecule has 166 valence electrons. The van der Waals surface area contributed by atoms with Crippen LogP contribution in [-0.2, 0) is 17.1 Å². The first-order valence-electron chi connectivity index (χ1n) is 8.34. The number of carbonyl (C=O) groups is 1. The lowest BCUT2D eigenvalue weighted by atomic mass is 10.2. The number of pyridine rings is 2. The molecule has 0 fully saturated rings. The van der Waals surface area contributed by atoms with Gasteiger partial charge in [-0.1, -0.05) is 17.7 Å². The molecule has 3 rings (SSSR count). The number of hydrazine groups is 1. The van der Waals surface area contributed by atoms with Gasteiger partial charge in [-0.2, -0.15) is 26.3 Å². The van der Waals surface area contributed by atoms with E-state index in [9.17, 15) is 35.5 Å². The van der Waals surface area contributed by atoms with E-state index in [-0.39, 0.29) is 23.3 Å². The number of aromatic nitrogens is 2. The lowest BCUT2D eigenvalue weighted by Gasteiger charge is -2.25. The van der Waals surface area contributed by atoms with E-state index in [1.54, 1.807) is 0 Å². The largest absolute Gasteiger partial charge is 0.417 e. The molecule has 2 aromatic heterocycles. The van der Waals surface area contributed by atoms with Crippen LogP contribution in [0.4, 0.5) is 42.4 Å². The first kappa shape index (κ1) is 22.6. The summed E-state index contributed by atoms with van der Waals surface area (Å²) in [6, 6.07) is -0.159. The predicted molar refractivity (Wildman–Crippen MR) is 95.2 cm³/mol. The minimum atomic E-state index is -4.79. The second kappa shape index (κ2) is 8.21. The summed E-state index contributed by atoms with van der Waals surface area (Å²) in [5.41, 5.74) is 1.78. The van der Waals surface area contributed by atoms with Crippen LogP contribution in [0, 0.1) is 5.82 Å². The molecule has 2 N–H and O–H groups in total. The van der Waals surface area contributed by atoms with Gasteiger partial charge in [0.15, 0.2) is 17.5 Å². The van der Waals surface area contributed by atoms with E-state index >= 15 is 0 Å². The SMILES string of the molecule is O=C(NNc1ncc(C(F)(F)F)cc1F)C1CC=CN1c1ncc(C(F)(F)F)cc1Cl. The smallest absolute Gasteiger partial charge is 0.319 e. The number of carbonyl (C=O) groups excluding carboxylic acids is 1. The van der Waals surface area contributed by atoms with Crippen LogP contribution in [0.25, 0.3) is 0 Å². The zero-order chi connectivity index (χ0) is 23.0. The molecule has 0 radical (unpaired) electrons. The standard InChI is InChI=1S/C17H11ClF7N5O/c18-10-4-8(16(20,21)22)7-27-14(10)30-3-1-2-12(30)15(31)29-28-13-11(19)5-9(6-26-13)17(23,24)25/h1,3-7,12H,2H2,(H,26,28)(H,29,31). The van der Waals surface area contributed by atoms with Crippen LogP contribution >= 0.6 is 11.6 Å². The van der Waals surface area contributed by atoms with Gasteiger partial charge in [-0.25, -0.2) is 14.4 Å². The zero-order valence-corrected chi connectivity index (χ0v) is 15.8. The van der Waals surface area contributed by atoms with Crippen LogP contribution in [0.1, 0.15) is 17.5 Å². The van der Waals surface area contributed by atoms with Gasteiger partial charge in [-0.3, -0.25) is 15.6 Å². The number of anilines is 2. The number of hydrogen-bond donors (Lipinski definition) is 2. The molecule has 0 saturated heterocycles. The summed E-state index contributed by atoms with van der Waals surface area (Å²) in [7, 11) is 0. The highest BCUT2D eigenvalue weighted by Crippen LogP contribution is 2.35. The van der Waals surface area contributed by atoms with E-state index in [0.717, 1.165) is 0 Å². The van der Waals surface area contributed by atoms with Crippen molar-refractivity contribution >= 4 is 29.1 Å². The molecule has 1 atom stereocenters. The Balaban J connectivity index is 1.71. The average molecular weight is 470 g/mol. The van der Waals surface area contributed by atoms with Gasteiger partial charge in [0, 0.05) is 18.6 Å². The van der Waals surface area contributed by atoms with Crippen molar-refractivity contribution in [1.29, 1.82) is 0 Å². The summed E-state index contributed by atoms with van der Waals surface area (Å²) in [5.74, 6) is -2.93. The number of rotatable bonds is 4. The third kappa shape index (κ3) is 4.98. The normalized spacial score (nSPS) is 16.5. The minimum absolute atomic E-state index is 0.107. The maximum atomic E-state index is 13.8. The van der Waals surface area contributed by atoms with Gasteiger partial charge in [0.25, 0.3) is 5.91 Å². The molecule has 1 amide bonds. The van der Waals surface area contributed by atoms with Crippen molar-refractivity contribution in [3.8, 4) is 0 Å². The summed E-state index contributed by atoms with van der Waals surface area (Å²) < 4.78 is 89.8. The molecule has 31 heavy (non-hydrogen) atoms. The van der Waals surface area contributed by atoms with Crippen molar-refractivity contribution in [3.05, 3.63) is 58.8 Å². The molecule has 6 nitrogen and oxygen atoms in total. The molecular weight excluding hydrogens is 459 g/mol. The molecule has 1 aliphatic rings. The molecule has 0 saturated carbocycles. The minimum Gasteiger partial charge on any atom is -0.319 e. The van der Waals surface area contributed by atoms with Crippen molar-refractivity contribution in [2.24, 2.45) is 0 Å². The fourth-order valence-corrected chi connectivity index (χ4v) is 2.90. The zero-order valence-electron chi connectivity index (χ0n) is 15.0. The van der Waals surface area contributed by atoms with E-state index in [4.69, 9.17) is 11.6 Å². The number of nitrogens with zero attached hydrogens (tertiary/aromatic N) is 3. The highest BCUT2D eigenvalue weighted by molar-refractivity contribution is 6.33. The molecular formula is C17H11ClF7N5O. The van der Waals surface area contributed by atoms with Crippen molar-refractivity contribution < 1.29 is 35.5 Å².